The second-order valence-electron chi connectivity index (χ2n) is 5.23. The summed E-state index contributed by atoms with van der Waals surface area (Å²) in [7, 11) is 0. The Morgan fingerprint density at radius 2 is 2.14 bits per heavy atom. The predicted octanol–water partition coefficient (Wildman–Crippen LogP) is 2.48. The Balaban J connectivity index is 2.49. The number of hydrogen-bond acceptors (Lipinski definition) is 3. The van der Waals surface area contributed by atoms with Gasteiger partial charge in [-0.15, -0.1) is 0 Å². The summed E-state index contributed by atoms with van der Waals surface area (Å²) in [6, 6.07) is -0.207. The first-order valence-electron chi connectivity index (χ1n) is 5.06. The molecule has 0 aromatic heterocycles. The van der Waals surface area contributed by atoms with Crippen LogP contribution in [0.1, 0.15) is 33.6 Å². The van der Waals surface area contributed by atoms with Crippen LogP contribution in [-0.4, -0.2) is 17.0 Å². The first kappa shape index (κ1) is 10.0. The Labute approximate surface area is 89.8 Å². The monoisotopic (exact) mass is 209 g/mol. The molecule has 0 aromatic rings. The maximum Gasteiger partial charge on any atom is 0.164 e. The second kappa shape index (κ2) is 2.74. The van der Waals surface area contributed by atoms with Gasteiger partial charge in [-0.25, -0.2) is 4.99 Å². The molecule has 2 nitrogen and oxygen atoms in total. The Morgan fingerprint density at radius 1 is 1.50 bits per heavy atom. The fraction of sp³-hybridized carbons (Fsp3) is 0.818. The Kier molecular flexibility index (Phi) is 1.96. The molecule has 0 radical (unpaired) electrons. The van der Waals surface area contributed by atoms with E-state index in [0.717, 1.165) is 12.8 Å². The minimum Gasteiger partial charge on any atom is -0.297 e. The normalized spacial score (nSPS) is 43.8. The van der Waals surface area contributed by atoms with Crippen molar-refractivity contribution in [1.29, 1.82) is 0 Å². The molecule has 2 aliphatic carbocycles. The van der Waals surface area contributed by atoms with Crippen molar-refractivity contribution in [2.45, 2.75) is 39.7 Å². The fourth-order valence-corrected chi connectivity index (χ4v) is 3.36. The van der Waals surface area contributed by atoms with Crippen molar-refractivity contribution in [3.63, 3.8) is 0 Å². The van der Waals surface area contributed by atoms with Crippen LogP contribution in [-0.2, 0) is 4.79 Å². The van der Waals surface area contributed by atoms with E-state index in [2.05, 4.69) is 43.1 Å². The summed E-state index contributed by atoms with van der Waals surface area (Å²) in [6.45, 7) is 6.44. The molecular weight excluding hydrogens is 194 g/mol. The van der Waals surface area contributed by atoms with E-state index in [9.17, 15) is 4.79 Å². The molecule has 0 spiro atoms. The number of nitrogens with zero attached hydrogens (tertiary/aromatic N) is 1. The van der Waals surface area contributed by atoms with E-state index >= 15 is 0 Å². The van der Waals surface area contributed by atoms with Crippen LogP contribution in [0.2, 0.25) is 0 Å². The molecule has 76 valence electrons. The molecule has 2 aliphatic rings. The largest absolute Gasteiger partial charge is 0.297 e. The molecule has 0 amide bonds. The van der Waals surface area contributed by atoms with Crippen LogP contribution >= 0.6 is 12.2 Å². The lowest BCUT2D eigenvalue weighted by Crippen LogP contribution is -2.34. The first-order chi connectivity index (χ1) is 6.45. The summed E-state index contributed by atoms with van der Waals surface area (Å²) in [5.41, 5.74) is -0.109. The third-order valence-corrected chi connectivity index (χ3v) is 4.80. The molecule has 0 N–H and O–H groups in total. The van der Waals surface area contributed by atoms with Crippen molar-refractivity contribution in [1.82, 2.24) is 0 Å². The van der Waals surface area contributed by atoms with Gasteiger partial charge in [0.15, 0.2) is 5.78 Å². The van der Waals surface area contributed by atoms with Gasteiger partial charge in [0.1, 0.15) is 6.04 Å². The summed E-state index contributed by atoms with van der Waals surface area (Å²) >= 11 is 4.60. The van der Waals surface area contributed by atoms with Gasteiger partial charge in [-0.3, -0.25) is 4.79 Å². The smallest absolute Gasteiger partial charge is 0.164 e. The summed E-state index contributed by atoms with van der Waals surface area (Å²) in [4.78, 5) is 16.2. The average Bonchev–Trinajstić information content (AvgIpc) is 2.41. The number of fused-ring (bicyclic) bond motifs is 2. The molecule has 0 heterocycles. The van der Waals surface area contributed by atoms with E-state index in [1.807, 2.05) is 0 Å². The van der Waals surface area contributed by atoms with Crippen LogP contribution in [0.3, 0.4) is 0 Å². The molecule has 0 aliphatic heterocycles. The lowest BCUT2D eigenvalue weighted by Gasteiger charge is -2.31. The van der Waals surface area contributed by atoms with Gasteiger partial charge < -0.3 is 0 Å². The van der Waals surface area contributed by atoms with Crippen LogP contribution < -0.4 is 0 Å². The zero-order chi connectivity index (χ0) is 10.6. The number of Topliss-reactive ketones (excluding diaryl/α,β-unsaturated/α-hetero) is 1. The van der Waals surface area contributed by atoms with Crippen molar-refractivity contribution in [2.24, 2.45) is 21.7 Å². The van der Waals surface area contributed by atoms with Crippen molar-refractivity contribution in [3.05, 3.63) is 0 Å². The molecule has 2 bridgehead atoms. The Hall–Kier alpha value is -0.530. The van der Waals surface area contributed by atoms with E-state index in [-0.39, 0.29) is 22.7 Å². The Bertz CT molecular complexity index is 343. The van der Waals surface area contributed by atoms with Gasteiger partial charge in [-0.2, -0.15) is 0 Å². The number of aliphatic imine (C=N–C) groups is 1. The van der Waals surface area contributed by atoms with Gasteiger partial charge in [0.25, 0.3) is 0 Å². The third-order valence-electron chi connectivity index (χ3n) is 4.69. The lowest BCUT2D eigenvalue weighted by molar-refractivity contribution is -0.129. The van der Waals surface area contributed by atoms with Gasteiger partial charge in [-0.05, 0) is 36.4 Å². The van der Waals surface area contributed by atoms with Gasteiger partial charge in [0.05, 0.1) is 5.16 Å². The summed E-state index contributed by atoms with van der Waals surface area (Å²) in [6.07, 6.45) is 2.10. The molecule has 0 unspecified atom stereocenters. The van der Waals surface area contributed by atoms with Crippen LogP contribution in [0, 0.1) is 16.7 Å². The molecule has 2 saturated carbocycles. The van der Waals surface area contributed by atoms with E-state index in [0.29, 0.717) is 5.92 Å². The molecule has 3 heteroatoms. The predicted molar refractivity (Wildman–Crippen MR) is 58.4 cm³/mol. The van der Waals surface area contributed by atoms with E-state index in [1.165, 1.54) is 0 Å². The number of carbonyl (C=O) groups excluding carboxylic acids is 1. The molecule has 0 aromatic carbocycles. The second-order valence-corrected chi connectivity index (χ2v) is 5.41. The van der Waals surface area contributed by atoms with Crippen molar-refractivity contribution in [2.75, 3.05) is 0 Å². The van der Waals surface area contributed by atoms with Crippen molar-refractivity contribution < 1.29 is 4.79 Å². The zero-order valence-corrected chi connectivity index (χ0v) is 9.65. The molecule has 14 heavy (non-hydrogen) atoms. The van der Waals surface area contributed by atoms with E-state index in [1.54, 1.807) is 0 Å². The molecule has 2 fully saturated rings. The van der Waals surface area contributed by atoms with Gasteiger partial charge in [-0.1, -0.05) is 20.8 Å². The standard InChI is InChI=1S/C11H15NOS/c1-10(2)7-4-5-11(10,3)9(13)8(7)12-6-14/h7-8H,4-5H2,1-3H3/t7-,8+,11-/m0/s1. The maximum atomic E-state index is 12.1. The maximum absolute atomic E-state index is 12.1. The minimum absolute atomic E-state index is 0.0738. The average molecular weight is 209 g/mol. The zero-order valence-electron chi connectivity index (χ0n) is 8.83. The van der Waals surface area contributed by atoms with Crippen molar-refractivity contribution in [3.8, 4) is 0 Å². The molecular formula is C11H15NOS. The molecule has 3 atom stereocenters. The highest BCUT2D eigenvalue weighted by molar-refractivity contribution is 7.78. The summed E-state index contributed by atoms with van der Waals surface area (Å²) in [5.74, 6) is 0.645. The summed E-state index contributed by atoms with van der Waals surface area (Å²) in [5, 5.41) is 2.37. The number of ketones is 1. The quantitative estimate of drug-likeness (QED) is 0.490. The fourth-order valence-electron chi connectivity index (χ4n) is 3.24. The summed E-state index contributed by atoms with van der Waals surface area (Å²) < 4.78 is 0. The highest BCUT2D eigenvalue weighted by atomic mass is 32.1. The van der Waals surface area contributed by atoms with E-state index in [4.69, 9.17) is 0 Å². The van der Waals surface area contributed by atoms with Crippen LogP contribution in [0.5, 0.6) is 0 Å². The van der Waals surface area contributed by atoms with Gasteiger partial charge >= 0.3 is 0 Å². The van der Waals surface area contributed by atoms with Gasteiger partial charge in [0, 0.05) is 5.41 Å². The lowest BCUT2D eigenvalue weighted by atomic mass is 9.70. The number of isothiocyanates is 1. The van der Waals surface area contributed by atoms with Crippen LogP contribution in [0.4, 0.5) is 0 Å². The highest BCUT2D eigenvalue weighted by Gasteiger charge is 2.66. The Morgan fingerprint density at radius 3 is 2.57 bits per heavy atom. The van der Waals surface area contributed by atoms with Crippen LogP contribution in [0.15, 0.2) is 4.99 Å². The molecule has 0 saturated heterocycles. The van der Waals surface area contributed by atoms with Gasteiger partial charge in [0.2, 0.25) is 0 Å². The van der Waals surface area contributed by atoms with E-state index < -0.39 is 0 Å². The minimum atomic E-state index is -0.207. The SMILES string of the molecule is CC1(C)[C@H]2CC[C@@]1(C)C(=O)[C@@H]2N=C=S. The number of thiocarbonyl (C=S) groups is 1. The highest BCUT2D eigenvalue weighted by Crippen LogP contribution is 2.64. The van der Waals surface area contributed by atoms with Crippen molar-refractivity contribution >= 4 is 23.2 Å². The van der Waals surface area contributed by atoms with Crippen LogP contribution in [0.25, 0.3) is 0 Å². The topological polar surface area (TPSA) is 29.4 Å². The number of hydrogen-bond donors (Lipinski definition) is 0. The number of rotatable bonds is 1. The third kappa shape index (κ3) is 0.896. The first-order valence-corrected chi connectivity index (χ1v) is 5.47. The number of carbonyl (C=O) groups is 1. The molecule has 2 rings (SSSR count).